The first-order valence-corrected chi connectivity index (χ1v) is 6.15. The molecule has 1 aromatic carbocycles. The minimum atomic E-state index is 0.237. The minimum Gasteiger partial charge on any atom is -0.493 e. The number of hydrogen-bond acceptors (Lipinski definition) is 4. The van der Waals surface area contributed by atoms with Crippen LogP contribution in [-0.4, -0.2) is 25.0 Å². The molecule has 5 heteroatoms. The molecule has 0 amide bonds. The van der Waals surface area contributed by atoms with Crippen LogP contribution in [-0.2, 0) is 0 Å². The molecular formula is C15H17N3O2. The summed E-state index contributed by atoms with van der Waals surface area (Å²) in [5.74, 6) is 1.50. The highest BCUT2D eigenvalue weighted by Crippen LogP contribution is 2.29. The van der Waals surface area contributed by atoms with E-state index < -0.39 is 0 Å². The van der Waals surface area contributed by atoms with Gasteiger partial charge in [0.1, 0.15) is 11.5 Å². The summed E-state index contributed by atoms with van der Waals surface area (Å²) in [7, 11) is 3.17. The molecule has 0 atom stereocenters. The Morgan fingerprint density at radius 2 is 1.85 bits per heavy atom. The maximum absolute atomic E-state index is 8.04. The fraction of sp³-hybridized carbons (Fsp3) is 0.200. The normalized spacial score (nSPS) is 9.95. The van der Waals surface area contributed by atoms with Crippen molar-refractivity contribution in [2.75, 3.05) is 19.5 Å². The van der Waals surface area contributed by atoms with Crippen LogP contribution in [0.3, 0.4) is 0 Å². The number of aryl methyl sites for hydroxylation is 1. The van der Waals surface area contributed by atoms with E-state index in [0.29, 0.717) is 17.2 Å². The molecule has 104 valence electrons. The molecule has 0 spiro atoms. The molecule has 0 aliphatic rings. The van der Waals surface area contributed by atoms with Crippen LogP contribution in [0.4, 0.5) is 5.69 Å². The van der Waals surface area contributed by atoms with Crippen molar-refractivity contribution in [3.63, 3.8) is 0 Å². The van der Waals surface area contributed by atoms with E-state index in [9.17, 15) is 0 Å². The highest BCUT2D eigenvalue weighted by Gasteiger charge is 2.07. The second-order valence-corrected chi connectivity index (χ2v) is 4.23. The number of ether oxygens (including phenoxy) is 2. The number of nitrogens with zero attached hydrogens (tertiary/aromatic N) is 1. The fourth-order valence-corrected chi connectivity index (χ4v) is 1.80. The predicted octanol–water partition coefficient (Wildman–Crippen LogP) is 2.84. The first-order valence-electron chi connectivity index (χ1n) is 6.15. The zero-order chi connectivity index (χ0) is 14.5. The standard InChI is InChI=1S/C15H17N3O2/c1-10-5-4-6-12(17-10)15(16)18-11-7-8-13(19-2)14(9-11)20-3/h4-9H,1-3H3,(H2,16,18). The Labute approximate surface area is 118 Å². The van der Waals surface area contributed by atoms with Gasteiger partial charge in [-0.3, -0.25) is 5.41 Å². The summed E-state index contributed by atoms with van der Waals surface area (Å²) in [6.45, 7) is 1.90. The van der Waals surface area contributed by atoms with Crippen LogP contribution in [0.15, 0.2) is 36.4 Å². The van der Waals surface area contributed by atoms with Gasteiger partial charge in [-0.2, -0.15) is 0 Å². The van der Waals surface area contributed by atoms with Crippen LogP contribution in [0.2, 0.25) is 0 Å². The molecule has 0 saturated carbocycles. The Kier molecular flexibility index (Phi) is 4.20. The molecule has 0 saturated heterocycles. The molecule has 0 aliphatic heterocycles. The van der Waals surface area contributed by atoms with Gasteiger partial charge in [-0.25, -0.2) is 4.98 Å². The fourth-order valence-electron chi connectivity index (χ4n) is 1.80. The number of anilines is 1. The van der Waals surface area contributed by atoms with Crippen molar-refractivity contribution in [1.82, 2.24) is 4.98 Å². The monoisotopic (exact) mass is 271 g/mol. The van der Waals surface area contributed by atoms with Gasteiger partial charge in [-0.1, -0.05) is 6.07 Å². The predicted molar refractivity (Wildman–Crippen MR) is 79.0 cm³/mol. The quantitative estimate of drug-likeness (QED) is 0.663. The molecule has 0 aliphatic carbocycles. The Morgan fingerprint density at radius 3 is 2.50 bits per heavy atom. The third-order valence-corrected chi connectivity index (χ3v) is 2.80. The highest BCUT2D eigenvalue weighted by atomic mass is 16.5. The number of pyridine rings is 1. The zero-order valence-electron chi connectivity index (χ0n) is 11.7. The number of benzene rings is 1. The second kappa shape index (κ2) is 6.06. The number of aromatic nitrogens is 1. The lowest BCUT2D eigenvalue weighted by molar-refractivity contribution is 0.355. The van der Waals surface area contributed by atoms with Gasteiger partial charge in [0.15, 0.2) is 11.5 Å². The van der Waals surface area contributed by atoms with Gasteiger partial charge in [0.05, 0.1) is 14.2 Å². The van der Waals surface area contributed by atoms with Crippen LogP contribution in [0.25, 0.3) is 0 Å². The van der Waals surface area contributed by atoms with E-state index >= 15 is 0 Å². The maximum Gasteiger partial charge on any atom is 0.162 e. The van der Waals surface area contributed by atoms with E-state index in [0.717, 1.165) is 11.4 Å². The lowest BCUT2D eigenvalue weighted by Crippen LogP contribution is -2.14. The first kappa shape index (κ1) is 13.9. The van der Waals surface area contributed by atoms with Gasteiger partial charge < -0.3 is 14.8 Å². The lowest BCUT2D eigenvalue weighted by Gasteiger charge is -2.11. The van der Waals surface area contributed by atoms with E-state index in [4.69, 9.17) is 14.9 Å². The number of methoxy groups -OCH3 is 2. The van der Waals surface area contributed by atoms with Crippen molar-refractivity contribution in [3.8, 4) is 11.5 Å². The SMILES string of the molecule is COc1ccc(NC(=N)c2cccc(C)n2)cc1OC. The Bertz CT molecular complexity index is 626. The van der Waals surface area contributed by atoms with Crippen LogP contribution < -0.4 is 14.8 Å². The lowest BCUT2D eigenvalue weighted by atomic mass is 10.2. The Morgan fingerprint density at radius 1 is 1.10 bits per heavy atom. The van der Waals surface area contributed by atoms with Gasteiger partial charge in [0, 0.05) is 17.4 Å². The van der Waals surface area contributed by atoms with E-state index in [1.54, 1.807) is 32.4 Å². The number of hydrogen-bond donors (Lipinski definition) is 2. The summed E-state index contributed by atoms with van der Waals surface area (Å²) in [6.07, 6.45) is 0. The summed E-state index contributed by atoms with van der Waals surface area (Å²) in [5, 5.41) is 11.0. The van der Waals surface area contributed by atoms with Gasteiger partial charge in [0.2, 0.25) is 0 Å². The van der Waals surface area contributed by atoms with Gasteiger partial charge in [0.25, 0.3) is 0 Å². The molecule has 1 aromatic heterocycles. The summed E-state index contributed by atoms with van der Waals surface area (Å²) in [5.41, 5.74) is 2.22. The second-order valence-electron chi connectivity index (χ2n) is 4.23. The average molecular weight is 271 g/mol. The third kappa shape index (κ3) is 3.06. The molecule has 1 heterocycles. The van der Waals surface area contributed by atoms with Crippen molar-refractivity contribution < 1.29 is 9.47 Å². The molecule has 0 radical (unpaired) electrons. The van der Waals surface area contributed by atoms with Crippen molar-refractivity contribution in [1.29, 1.82) is 5.41 Å². The van der Waals surface area contributed by atoms with E-state index in [1.807, 2.05) is 25.1 Å². The van der Waals surface area contributed by atoms with Gasteiger partial charge in [-0.15, -0.1) is 0 Å². The van der Waals surface area contributed by atoms with Gasteiger partial charge >= 0.3 is 0 Å². The van der Waals surface area contributed by atoms with E-state index in [2.05, 4.69) is 10.3 Å². The zero-order valence-corrected chi connectivity index (χ0v) is 11.7. The molecule has 2 rings (SSSR count). The molecule has 0 bridgehead atoms. The smallest absolute Gasteiger partial charge is 0.162 e. The van der Waals surface area contributed by atoms with Crippen LogP contribution >= 0.6 is 0 Å². The molecule has 20 heavy (non-hydrogen) atoms. The van der Waals surface area contributed by atoms with Gasteiger partial charge in [-0.05, 0) is 31.2 Å². The molecule has 0 fully saturated rings. The van der Waals surface area contributed by atoms with E-state index in [-0.39, 0.29) is 5.84 Å². The topological polar surface area (TPSA) is 67.2 Å². The van der Waals surface area contributed by atoms with Crippen LogP contribution in [0.5, 0.6) is 11.5 Å². The van der Waals surface area contributed by atoms with Crippen molar-refractivity contribution >= 4 is 11.5 Å². The minimum absolute atomic E-state index is 0.237. The Balaban J connectivity index is 2.19. The van der Waals surface area contributed by atoms with E-state index in [1.165, 1.54) is 0 Å². The van der Waals surface area contributed by atoms with Crippen molar-refractivity contribution in [3.05, 3.63) is 47.8 Å². The summed E-state index contributed by atoms with van der Waals surface area (Å²) in [6, 6.07) is 11.0. The molecule has 2 N–H and O–H groups in total. The molecule has 0 unspecified atom stereocenters. The average Bonchev–Trinajstić information content (AvgIpc) is 2.47. The highest BCUT2D eigenvalue weighted by molar-refractivity contribution is 6.04. The number of nitrogens with one attached hydrogen (secondary N) is 2. The largest absolute Gasteiger partial charge is 0.493 e. The van der Waals surface area contributed by atoms with Crippen LogP contribution in [0, 0.1) is 12.3 Å². The molecular weight excluding hydrogens is 254 g/mol. The summed E-state index contributed by atoms with van der Waals surface area (Å²) >= 11 is 0. The van der Waals surface area contributed by atoms with Crippen LogP contribution in [0.1, 0.15) is 11.4 Å². The summed E-state index contributed by atoms with van der Waals surface area (Å²) < 4.78 is 10.4. The number of rotatable bonds is 4. The maximum atomic E-state index is 8.04. The molecule has 2 aromatic rings. The number of amidine groups is 1. The third-order valence-electron chi connectivity index (χ3n) is 2.80. The van der Waals surface area contributed by atoms with Crippen molar-refractivity contribution in [2.24, 2.45) is 0 Å². The molecule has 5 nitrogen and oxygen atoms in total. The summed E-state index contributed by atoms with van der Waals surface area (Å²) in [4.78, 5) is 4.30. The Hall–Kier alpha value is -2.56. The first-order chi connectivity index (χ1) is 9.63. The van der Waals surface area contributed by atoms with Crippen molar-refractivity contribution in [2.45, 2.75) is 6.92 Å².